The Balaban J connectivity index is 1.44. The number of thioether (sulfide) groups is 1. The van der Waals surface area contributed by atoms with Gasteiger partial charge in [0.2, 0.25) is 5.91 Å². The van der Waals surface area contributed by atoms with Crippen molar-refractivity contribution in [2.24, 2.45) is 0 Å². The lowest BCUT2D eigenvalue weighted by Gasteiger charge is -2.27. The van der Waals surface area contributed by atoms with Crippen LogP contribution in [0.25, 0.3) is 11.1 Å². The molecule has 2 atom stereocenters. The van der Waals surface area contributed by atoms with Gasteiger partial charge in [-0.2, -0.15) is 0 Å². The smallest absolute Gasteiger partial charge is 0.257 e. The lowest BCUT2D eigenvalue weighted by atomic mass is 9.88. The van der Waals surface area contributed by atoms with Gasteiger partial charge in [0.05, 0.1) is 11.3 Å². The second-order valence-electron chi connectivity index (χ2n) is 6.36. The normalized spacial score (nSPS) is 17.9. The van der Waals surface area contributed by atoms with Crippen LogP contribution >= 0.6 is 11.8 Å². The maximum Gasteiger partial charge on any atom is 0.257 e. The average Bonchev–Trinajstić information content (AvgIpc) is 3.04. The zero-order valence-electron chi connectivity index (χ0n) is 14.1. The van der Waals surface area contributed by atoms with Gasteiger partial charge in [-0.1, -0.05) is 48.2 Å². The molecule has 1 aliphatic rings. The van der Waals surface area contributed by atoms with Crippen molar-refractivity contribution in [1.82, 2.24) is 10.3 Å². The van der Waals surface area contributed by atoms with Crippen LogP contribution in [0, 0.1) is 0 Å². The fraction of sp³-hybridized carbons (Fsp3) is 0.300. The number of nitrogens with zero attached hydrogens (tertiary/aromatic N) is 1. The Bertz CT molecular complexity index is 872. The standard InChI is InChI=1S/C20H20N2O2S/c1-13(25-20-22-17-10-4-5-12-18(17)24-20)19(23)21-16-11-6-8-14-7-2-3-9-15(14)16/h2-5,7,9-10,12-13,16H,6,8,11H2,1H3,(H,21,23)/t13-,16+/m0/s1. The molecule has 0 unspecified atom stereocenters. The zero-order chi connectivity index (χ0) is 17.2. The fourth-order valence-corrected chi connectivity index (χ4v) is 4.07. The van der Waals surface area contributed by atoms with Crippen LogP contribution in [0.3, 0.4) is 0 Å². The van der Waals surface area contributed by atoms with Gasteiger partial charge in [0, 0.05) is 0 Å². The zero-order valence-corrected chi connectivity index (χ0v) is 14.9. The molecule has 128 valence electrons. The number of benzene rings is 2. The first-order valence-corrected chi connectivity index (χ1v) is 9.49. The molecule has 4 nitrogen and oxygen atoms in total. The van der Waals surface area contributed by atoms with Crippen LogP contribution in [0.4, 0.5) is 0 Å². The highest BCUT2D eigenvalue weighted by Gasteiger charge is 2.25. The third-order valence-electron chi connectivity index (χ3n) is 4.61. The molecule has 1 heterocycles. The molecule has 4 rings (SSSR count). The average molecular weight is 352 g/mol. The van der Waals surface area contributed by atoms with E-state index >= 15 is 0 Å². The lowest BCUT2D eigenvalue weighted by molar-refractivity contribution is -0.121. The first-order chi connectivity index (χ1) is 12.2. The molecule has 3 aromatic rings. The number of hydrogen-bond acceptors (Lipinski definition) is 4. The molecule has 0 spiro atoms. The summed E-state index contributed by atoms with van der Waals surface area (Å²) in [6, 6.07) is 16.1. The molecule has 1 aromatic heterocycles. The van der Waals surface area contributed by atoms with Crippen LogP contribution in [-0.2, 0) is 11.2 Å². The SMILES string of the molecule is C[C@H](Sc1nc2ccccc2o1)C(=O)N[C@@H]1CCCc2ccccc21. The van der Waals surface area contributed by atoms with Crippen molar-refractivity contribution in [2.45, 2.75) is 42.7 Å². The summed E-state index contributed by atoms with van der Waals surface area (Å²) in [4.78, 5) is 17.1. The molecule has 0 fully saturated rings. The van der Waals surface area contributed by atoms with Gasteiger partial charge in [-0.25, -0.2) is 4.98 Å². The minimum absolute atomic E-state index is 0.0222. The van der Waals surface area contributed by atoms with Gasteiger partial charge in [0.15, 0.2) is 5.58 Å². The fourth-order valence-electron chi connectivity index (χ4n) is 3.30. The quantitative estimate of drug-likeness (QED) is 0.702. The molecule has 0 bridgehead atoms. The van der Waals surface area contributed by atoms with Crippen LogP contribution < -0.4 is 5.32 Å². The van der Waals surface area contributed by atoms with Crippen LogP contribution in [0.5, 0.6) is 0 Å². The summed E-state index contributed by atoms with van der Waals surface area (Å²) in [6.45, 7) is 1.89. The number of nitrogens with one attached hydrogen (secondary N) is 1. The van der Waals surface area contributed by atoms with Crippen molar-refractivity contribution in [2.75, 3.05) is 0 Å². The Morgan fingerprint density at radius 3 is 2.92 bits per heavy atom. The summed E-state index contributed by atoms with van der Waals surface area (Å²) >= 11 is 1.36. The topological polar surface area (TPSA) is 55.1 Å². The molecule has 1 amide bonds. The van der Waals surface area contributed by atoms with Crippen molar-refractivity contribution < 1.29 is 9.21 Å². The van der Waals surface area contributed by atoms with Crippen LogP contribution in [-0.4, -0.2) is 16.1 Å². The van der Waals surface area contributed by atoms with E-state index in [4.69, 9.17) is 4.42 Å². The van der Waals surface area contributed by atoms with Gasteiger partial charge in [0.25, 0.3) is 5.22 Å². The third kappa shape index (κ3) is 3.42. The van der Waals surface area contributed by atoms with E-state index in [1.54, 1.807) is 0 Å². The number of aromatic nitrogens is 1. The third-order valence-corrected chi connectivity index (χ3v) is 5.55. The van der Waals surface area contributed by atoms with Crippen LogP contribution in [0.1, 0.15) is 36.9 Å². The minimum Gasteiger partial charge on any atom is -0.431 e. The monoisotopic (exact) mass is 352 g/mol. The van der Waals surface area contributed by atoms with Crippen LogP contribution in [0.15, 0.2) is 58.2 Å². The predicted molar refractivity (Wildman–Crippen MR) is 99.6 cm³/mol. The number of carbonyl (C=O) groups excluding carboxylic acids is 1. The number of aryl methyl sites for hydroxylation is 1. The van der Waals surface area contributed by atoms with Gasteiger partial charge in [-0.3, -0.25) is 4.79 Å². The van der Waals surface area contributed by atoms with Gasteiger partial charge >= 0.3 is 0 Å². The first-order valence-electron chi connectivity index (χ1n) is 8.61. The number of oxazole rings is 1. The molecule has 25 heavy (non-hydrogen) atoms. The maximum absolute atomic E-state index is 12.6. The maximum atomic E-state index is 12.6. The molecular formula is C20H20N2O2S. The molecule has 0 saturated carbocycles. The number of carbonyl (C=O) groups is 1. The number of rotatable bonds is 4. The van der Waals surface area contributed by atoms with E-state index in [9.17, 15) is 4.79 Å². The van der Waals surface area contributed by atoms with E-state index < -0.39 is 0 Å². The summed E-state index contributed by atoms with van der Waals surface area (Å²) in [6.07, 6.45) is 3.19. The number of amides is 1. The van der Waals surface area contributed by atoms with Crippen molar-refractivity contribution in [3.63, 3.8) is 0 Å². The van der Waals surface area contributed by atoms with Crippen molar-refractivity contribution in [3.05, 3.63) is 59.7 Å². The molecule has 0 aliphatic heterocycles. The molecule has 2 aromatic carbocycles. The number of para-hydroxylation sites is 2. The summed E-state index contributed by atoms with van der Waals surface area (Å²) in [7, 11) is 0. The van der Waals surface area contributed by atoms with E-state index in [-0.39, 0.29) is 17.2 Å². The molecule has 0 radical (unpaired) electrons. The molecule has 0 saturated heterocycles. The Kier molecular flexibility index (Phi) is 4.49. The van der Waals surface area contributed by atoms with Crippen molar-refractivity contribution in [3.8, 4) is 0 Å². The molecule has 1 aliphatic carbocycles. The van der Waals surface area contributed by atoms with Gasteiger partial charge in [0.1, 0.15) is 5.52 Å². The Morgan fingerprint density at radius 2 is 2.04 bits per heavy atom. The lowest BCUT2D eigenvalue weighted by Crippen LogP contribution is -2.35. The second kappa shape index (κ2) is 6.92. The molecule has 5 heteroatoms. The Morgan fingerprint density at radius 1 is 1.24 bits per heavy atom. The van der Waals surface area contributed by atoms with Crippen LogP contribution in [0.2, 0.25) is 0 Å². The highest BCUT2D eigenvalue weighted by Crippen LogP contribution is 2.31. The molecule has 1 N–H and O–H groups in total. The van der Waals surface area contributed by atoms with Gasteiger partial charge in [-0.15, -0.1) is 0 Å². The van der Waals surface area contributed by atoms with E-state index in [1.807, 2.05) is 37.3 Å². The van der Waals surface area contributed by atoms with E-state index in [2.05, 4.69) is 28.5 Å². The summed E-state index contributed by atoms with van der Waals surface area (Å²) < 4.78 is 5.71. The predicted octanol–water partition coefficient (Wildman–Crippen LogP) is 4.50. The van der Waals surface area contributed by atoms with Gasteiger partial charge < -0.3 is 9.73 Å². The summed E-state index contributed by atoms with van der Waals surface area (Å²) in [5, 5.41) is 3.47. The van der Waals surface area contributed by atoms with E-state index in [0.29, 0.717) is 5.22 Å². The summed E-state index contributed by atoms with van der Waals surface area (Å²) in [5.41, 5.74) is 4.16. The van der Waals surface area contributed by atoms with E-state index in [1.165, 1.54) is 22.9 Å². The Labute approximate surface area is 151 Å². The Hall–Kier alpha value is -2.27. The first kappa shape index (κ1) is 16.2. The summed E-state index contributed by atoms with van der Waals surface area (Å²) in [5.74, 6) is 0.0222. The second-order valence-corrected chi connectivity index (χ2v) is 7.65. The number of hydrogen-bond donors (Lipinski definition) is 1. The highest BCUT2D eigenvalue weighted by atomic mass is 32.2. The largest absolute Gasteiger partial charge is 0.431 e. The van der Waals surface area contributed by atoms with Gasteiger partial charge in [-0.05, 0) is 49.4 Å². The number of fused-ring (bicyclic) bond motifs is 2. The minimum atomic E-state index is -0.262. The molecular weight excluding hydrogens is 332 g/mol. The van der Waals surface area contributed by atoms with Crippen molar-refractivity contribution >= 4 is 28.8 Å². The van der Waals surface area contributed by atoms with E-state index in [0.717, 1.165) is 30.4 Å². The van der Waals surface area contributed by atoms with Crippen molar-refractivity contribution in [1.29, 1.82) is 0 Å². The highest BCUT2D eigenvalue weighted by molar-refractivity contribution is 8.00.